The molecule has 3 fully saturated rings. The van der Waals surface area contributed by atoms with E-state index >= 15 is 0 Å². The lowest BCUT2D eigenvalue weighted by Crippen LogP contribution is -2.56. The highest BCUT2D eigenvalue weighted by Gasteiger charge is 2.41. The molecule has 0 spiro atoms. The number of hydrogen-bond donors (Lipinski definition) is 0. The second kappa shape index (κ2) is 9.94. The molecule has 10 heteroatoms. The highest BCUT2D eigenvalue weighted by molar-refractivity contribution is 5.95. The Balaban J connectivity index is 1.39. The standard InChI is InChI=1S/C27H29F6N3O/c28-26(29,30)20-14-19(15-21(16-20)27(31,32)33)25(37)36-9-8-24(23(17-36)18-4-2-1-3-5-18)35-12-10-34(11-13-35)22-6-7-22/h1-5,14-16,22-24H,6-13,17H2/t23-,24-/m0/s1. The molecule has 2 aromatic rings. The second-order valence-electron chi connectivity index (χ2n) is 10.2. The van der Waals surface area contributed by atoms with Crippen LogP contribution in [-0.4, -0.2) is 72.0 Å². The Bertz CT molecular complexity index is 1080. The Morgan fingerprint density at radius 2 is 1.30 bits per heavy atom. The fourth-order valence-corrected chi connectivity index (χ4v) is 5.72. The quantitative estimate of drug-likeness (QED) is 0.493. The number of amides is 1. The van der Waals surface area contributed by atoms with Gasteiger partial charge in [-0.05, 0) is 43.0 Å². The van der Waals surface area contributed by atoms with Gasteiger partial charge in [-0.3, -0.25) is 14.6 Å². The van der Waals surface area contributed by atoms with E-state index in [2.05, 4.69) is 9.80 Å². The van der Waals surface area contributed by atoms with Crippen molar-refractivity contribution in [2.45, 2.75) is 49.6 Å². The molecule has 2 saturated heterocycles. The van der Waals surface area contributed by atoms with Crippen molar-refractivity contribution in [3.8, 4) is 0 Å². The molecule has 1 saturated carbocycles. The normalized spacial score (nSPS) is 24.3. The van der Waals surface area contributed by atoms with E-state index in [0.717, 1.165) is 31.7 Å². The Morgan fingerprint density at radius 3 is 1.84 bits per heavy atom. The number of rotatable bonds is 4. The molecule has 5 rings (SSSR count). The first kappa shape index (κ1) is 26.0. The van der Waals surface area contributed by atoms with Crippen molar-refractivity contribution in [2.75, 3.05) is 39.3 Å². The number of likely N-dealkylation sites (tertiary alicyclic amines) is 1. The van der Waals surface area contributed by atoms with Crippen LogP contribution in [0.2, 0.25) is 0 Å². The first-order valence-electron chi connectivity index (χ1n) is 12.6. The summed E-state index contributed by atoms with van der Waals surface area (Å²) in [5.41, 5.74) is -2.54. The van der Waals surface area contributed by atoms with E-state index in [0.29, 0.717) is 24.6 Å². The Kier molecular flexibility index (Phi) is 7.00. The van der Waals surface area contributed by atoms with Crippen molar-refractivity contribution in [1.82, 2.24) is 14.7 Å². The molecule has 0 bridgehead atoms. The molecular formula is C27H29F6N3O. The third-order valence-corrected chi connectivity index (χ3v) is 7.81. The lowest BCUT2D eigenvalue weighted by molar-refractivity contribution is -0.143. The molecule has 2 heterocycles. The van der Waals surface area contributed by atoms with Crippen LogP contribution in [0.5, 0.6) is 0 Å². The fourth-order valence-electron chi connectivity index (χ4n) is 5.72. The van der Waals surface area contributed by atoms with Gasteiger partial charge in [-0.25, -0.2) is 0 Å². The van der Waals surface area contributed by atoms with E-state index < -0.39 is 35.0 Å². The highest BCUT2D eigenvalue weighted by atomic mass is 19.4. The average molecular weight is 526 g/mol. The van der Waals surface area contributed by atoms with Gasteiger partial charge in [0.15, 0.2) is 0 Å². The van der Waals surface area contributed by atoms with Crippen LogP contribution >= 0.6 is 0 Å². The number of carbonyl (C=O) groups excluding carboxylic acids is 1. The number of carbonyl (C=O) groups is 1. The minimum Gasteiger partial charge on any atom is -0.338 e. The summed E-state index contributed by atoms with van der Waals surface area (Å²) in [5, 5.41) is 0. The molecule has 1 amide bonds. The number of piperidine rings is 1. The smallest absolute Gasteiger partial charge is 0.338 e. The largest absolute Gasteiger partial charge is 0.416 e. The van der Waals surface area contributed by atoms with Crippen LogP contribution in [0.15, 0.2) is 48.5 Å². The first-order chi connectivity index (χ1) is 17.5. The van der Waals surface area contributed by atoms with E-state index in [9.17, 15) is 31.1 Å². The van der Waals surface area contributed by atoms with Crippen molar-refractivity contribution in [2.24, 2.45) is 0 Å². The summed E-state index contributed by atoms with van der Waals surface area (Å²) in [6.45, 7) is 4.27. The summed E-state index contributed by atoms with van der Waals surface area (Å²) < 4.78 is 80.2. The molecule has 0 unspecified atom stereocenters. The van der Waals surface area contributed by atoms with Gasteiger partial charge in [-0.1, -0.05) is 30.3 Å². The minimum absolute atomic E-state index is 0.0526. The van der Waals surface area contributed by atoms with Gasteiger partial charge in [0, 0.05) is 62.8 Å². The molecular weight excluding hydrogens is 496 g/mol. The van der Waals surface area contributed by atoms with Crippen molar-refractivity contribution >= 4 is 5.91 Å². The Labute approximate surface area is 211 Å². The summed E-state index contributed by atoms with van der Waals surface area (Å²) >= 11 is 0. The van der Waals surface area contributed by atoms with Crippen LogP contribution in [0.1, 0.15) is 52.2 Å². The summed E-state index contributed by atoms with van der Waals surface area (Å²) in [6, 6.07) is 11.6. The maximum atomic E-state index is 13.4. The maximum absolute atomic E-state index is 13.4. The Morgan fingerprint density at radius 1 is 0.730 bits per heavy atom. The summed E-state index contributed by atoms with van der Waals surface area (Å²) in [7, 11) is 0. The maximum Gasteiger partial charge on any atom is 0.416 e. The number of piperazine rings is 1. The predicted molar refractivity (Wildman–Crippen MR) is 126 cm³/mol. The lowest BCUT2D eigenvalue weighted by Gasteiger charge is -2.47. The Hall–Kier alpha value is -2.59. The first-order valence-corrected chi connectivity index (χ1v) is 12.6. The topological polar surface area (TPSA) is 26.8 Å². The number of nitrogens with zero attached hydrogens (tertiary/aromatic N) is 3. The number of hydrogen-bond acceptors (Lipinski definition) is 3. The van der Waals surface area contributed by atoms with Crippen LogP contribution in [0, 0.1) is 0 Å². The molecule has 4 nitrogen and oxygen atoms in total. The molecule has 2 aromatic carbocycles. The van der Waals surface area contributed by atoms with E-state index in [1.54, 1.807) is 0 Å². The molecule has 200 valence electrons. The van der Waals surface area contributed by atoms with Gasteiger partial charge in [0.25, 0.3) is 5.91 Å². The van der Waals surface area contributed by atoms with Crippen LogP contribution < -0.4 is 0 Å². The SMILES string of the molecule is O=C(c1cc(C(F)(F)F)cc(C(F)(F)F)c1)N1CC[C@H](N2CCN(C3CC3)CC2)[C@H](c2ccccc2)C1. The lowest BCUT2D eigenvalue weighted by atomic mass is 9.84. The molecule has 0 radical (unpaired) electrons. The van der Waals surface area contributed by atoms with Gasteiger partial charge in [-0.15, -0.1) is 0 Å². The highest BCUT2D eigenvalue weighted by Crippen LogP contribution is 2.38. The number of benzene rings is 2. The van der Waals surface area contributed by atoms with Gasteiger partial charge in [-0.2, -0.15) is 26.3 Å². The van der Waals surface area contributed by atoms with Crippen molar-refractivity contribution in [1.29, 1.82) is 0 Å². The zero-order chi connectivity index (χ0) is 26.4. The zero-order valence-corrected chi connectivity index (χ0v) is 20.2. The third kappa shape index (κ3) is 5.80. The molecule has 0 aromatic heterocycles. The molecule has 37 heavy (non-hydrogen) atoms. The van der Waals surface area contributed by atoms with Gasteiger partial charge in [0.05, 0.1) is 11.1 Å². The van der Waals surface area contributed by atoms with Crippen molar-refractivity contribution in [3.63, 3.8) is 0 Å². The second-order valence-corrected chi connectivity index (χ2v) is 10.2. The molecule has 2 aliphatic heterocycles. The van der Waals surface area contributed by atoms with Crippen molar-refractivity contribution in [3.05, 3.63) is 70.8 Å². The van der Waals surface area contributed by atoms with Gasteiger partial charge in [0.1, 0.15) is 0 Å². The number of alkyl halides is 6. The van der Waals surface area contributed by atoms with Gasteiger partial charge >= 0.3 is 12.4 Å². The van der Waals surface area contributed by atoms with Crippen LogP contribution in [0.4, 0.5) is 26.3 Å². The van der Waals surface area contributed by atoms with Crippen LogP contribution in [0.25, 0.3) is 0 Å². The summed E-state index contributed by atoms with van der Waals surface area (Å²) in [5.74, 6) is -0.909. The van der Waals surface area contributed by atoms with E-state index in [4.69, 9.17) is 0 Å². The molecule has 1 aliphatic carbocycles. The van der Waals surface area contributed by atoms with E-state index in [1.165, 1.54) is 17.7 Å². The van der Waals surface area contributed by atoms with Gasteiger partial charge in [0.2, 0.25) is 0 Å². The zero-order valence-electron chi connectivity index (χ0n) is 20.2. The monoisotopic (exact) mass is 525 g/mol. The summed E-state index contributed by atoms with van der Waals surface area (Å²) in [4.78, 5) is 19.7. The van der Waals surface area contributed by atoms with E-state index in [-0.39, 0.29) is 31.1 Å². The van der Waals surface area contributed by atoms with Crippen LogP contribution in [0.3, 0.4) is 0 Å². The van der Waals surface area contributed by atoms with Gasteiger partial charge < -0.3 is 4.90 Å². The predicted octanol–water partition coefficient (Wildman–Crippen LogP) is 5.50. The van der Waals surface area contributed by atoms with Crippen molar-refractivity contribution < 1.29 is 31.1 Å². The molecule has 2 atom stereocenters. The number of halogens is 6. The molecule has 3 aliphatic rings. The average Bonchev–Trinajstić information content (AvgIpc) is 3.73. The third-order valence-electron chi connectivity index (χ3n) is 7.81. The minimum atomic E-state index is -5.00. The fraction of sp³-hybridized carbons (Fsp3) is 0.519. The van der Waals surface area contributed by atoms with E-state index in [1.807, 2.05) is 30.3 Å². The molecule has 0 N–H and O–H groups in total. The van der Waals surface area contributed by atoms with Crippen LogP contribution in [-0.2, 0) is 12.4 Å². The summed E-state index contributed by atoms with van der Waals surface area (Å²) in [6.07, 6.45) is -6.91.